The number of anilines is 1. The fourth-order valence-corrected chi connectivity index (χ4v) is 3.01. The van der Waals surface area contributed by atoms with Gasteiger partial charge in [-0.15, -0.1) is 10.2 Å². The molecule has 1 saturated heterocycles. The van der Waals surface area contributed by atoms with Crippen molar-refractivity contribution in [1.82, 2.24) is 15.5 Å². The number of aromatic nitrogens is 2. The second-order valence-electron chi connectivity index (χ2n) is 6.24. The number of carbonyl (C=O) groups excluding carboxylic acids is 1. The SMILES string of the molecule is CCc1nnc([C@@H](C)N[C@H](C)c2cccc(N3CCCC3=O)c2)o1. The Kier molecular flexibility index (Phi) is 4.94. The summed E-state index contributed by atoms with van der Waals surface area (Å²) < 4.78 is 5.61. The molecule has 1 N–H and O–H groups in total. The third-order valence-electron chi connectivity index (χ3n) is 4.41. The van der Waals surface area contributed by atoms with Crippen LogP contribution in [0.4, 0.5) is 5.69 Å². The van der Waals surface area contributed by atoms with Crippen LogP contribution in [0.5, 0.6) is 0 Å². The first-order chi connectivity index (χ1) is 11.6. The molecule has 1 aliphatic heterocycles. The highest BCUT2D eigenvalue weighted by Crippen LogP contribution is 2.26. The summed E-state index contributed by atoms with van der Waals surface area (Å²) in [5.74, 6) is 1.46. The van der Waals surface area contributed by atoms with Crippen LogP contribution in [0.1, 0.15) is 63.0 Å². The number of hydrogen-bond acceptors (Lipinski definition) is 5. The number of rotatable bonds is 6. The van der Waals surface area contributed by atoms with Crippen molar-refractivity contribution in [3.63, 3.8) is 0 Å². The molecule has 0 unspecified atom stereocenters. The van der Waals surface area contributed by atoms with E-state index in [0.717, 1.165) is 30.6 Å². The van der Waals surface area contributed by atoms with Crippen LogP contribution >= 0.6 is 0 Å². The van der Waals surface area contributed by atoms with Crippen molar-refractivity contribution < 1.29 is 9.21 Å². The quantitative estimate of drug-likeness (QED) is 0.882. The lowest BCUT2D eigenvalue weighted by atomic mass is 10.1. The van der Waals surface area contributed by atoms with Gasteiger partial charge < -0.3 is 9.32 Å². The molecule has 2 atom stereocenters. The Bertz CT molecular complexity index is 713. The summed E-state index contributed by atoms with van der Waals surface area (Å²) in [7, 11) is 0. The van der Waals surface area contributed by atoms with Gasteiger partial charge in [0, 0.05) is 31.1 Å². The molecule has 2 aromatic rings. The smallest absolute Gasteiger partial charge is 0.233 e. The van der Waals surface area contributed by atoms with Gasteiger partial charge in [0.1, 0.15) is 0 Å². The third kappa shape index (κ3) is 3.48. The monoisotopic (exact) mass is 328 g/mol. The minimum absolute atomic E-state index is 0.0372. The van der Waals surface area contributed by atoms with E-state index < -0.39 is 0 Å². The van der Waals surface area contributed by atoms with Gasteiger partial charge >= 0.3 is 0 Å². The lowest BCUT2D eigenvalue weighted by molar-refractivity contribution is -0.117. The van der Waals surface area contributed by atoms with Crippen molar-refractivity contribution in [2.75, 3.05) is 11.4 Å². The fraction of sp³-hybridized carbons (Fsp3) is 0.500. The Labute approximate surface area is 142 Å². The Morgan fingerprint density at radius 2 is 2.12 bits per heavy atom. The number of hydrogen-bond donors (Lipinski definition) is 1. The maximum atomic E-state index is 11.9. The molecule has 1 aliphatic rings. The number of nitrogens with one attached hydrogen (secondary N) is 1. The number of benzene rings is 1. The molecule has 0 bridgehead atoms. The molecule has 0 radical (unpaired) electrons. The van der Waals surface area contributed by atoms with E-state index in [9.17, 15) is 4.79 Å². The van der Waals surface area contributed by atoms with Crippen LogP contribution in [0, 0.1) is 0 Å². The lowest BCUT2D eigenvalue weighted by Gasteiger charge is -2.21. The maximum absolute atomic E-state index is 11.9. The molecule has 0 aliphatic carbocycles. The molecule has 3 rings (SSSR count). The van der Waals surface area contributed by atoms with E-state index in [0.29, 0.717) is 18.2 Å². The van der Waals surface area contributed by atoms with E-state index in [2.05, 4.69) is 34.6 Å². The fourth-order valence-electron chi connectivity index (χ4n) is 3.01. The van der Waals surface area contributed by atoms with E-state index in [1.807, 2.05) is 30.9 Å². The van der Waals surface area contributed by atoms with E-state index in [-0.39, 0.29) is 18.0 Å². The molecule has 1 aromatic heterocycles. The predicted molar refractivity (Wildman–Crippen MR) is 91.7 cm³/mol. The first-order valence-electron chi connectivity index (χ1n) is 8.57. The van der Waals surface area contributed by atoms with Gasteiger partial charge in [0.15, 0.2) is 0 Å². The van der Waals surface area contributed by atoms with Crippen LogP contribution in [-0.2, 0) is 11.2 Å². The summed E-state index contributed by atoms with van der Waals surface area (Å²) in [4.78, 5) is 13.8. The minimum atomic E-state index is -0.0372. The summed E-state index contributed by atoms with van der Waals surface area (Å²) in [6, 6.07) is 8.22. The molecule has 1 fully saturated rings. The summed E-state index contributed by atoms with van der Waals surface area (Å²) >= 11 is 0. The lowest BCUT2D eigenvalue weighted by Crippen LogP contribution is -2.25. The Hall–Kier alpha value is -2.21. The normalized spacial score (nSPS) is 17.3. The van der Waals surface area contributed by atoms with Gasteiger partial charge in [-0.1, -0.05) is 19.1 Å². The standard InChI is InChI=1S/C18H24N4O2/c1-4-16-20-21-18(24-16)13(3)19-12(2)14-7-5-8-15(11-14)22-10-6-9-17(22)23/h5,7-8,11-13,19H,4,6,9-10H2,1-3H3/t12-,13-/m1/s1. The van der Waals surface area contributed by atoms with Crippen LogP contribution < -0.4 is 10.2 Å². The second kappa shape index (κ2) is 7.13. The Morgan fingerprint density at radius 3 is 2.79 bits per heavy atom. The van der Waals surface area contributed by atoms with E-state index in [1.54, 1.807) is 0 Å². The third-order valence-corrected chi connectivity index (χ3v) is 4.41. The van der Waals surface area contributed by atoms with Gasteiger partial charge in [0.25, 0.3) is 0 Å². The van der Waals surface area contributed by atoms with Gasteiger partial charge in [0.2, 0.25) is 17.7 Å². The highest BCUT2D eigenvalue weighted by molar-refractivity contribution is 5.95. The summed E-state index contributed by atoms with van der Waals surface area (Å²) in [6.07, 6.45) is 2.32. The predicted octanol–water partition coefficient (Wildman–Crippen LogP) is 3.17. The molecule has 128 valence electrons. The van der Waals surface area contributed by atoms with Crippen molar-refractivity contribution in [2.45, 2.75) is 52.1 Å². The molecule has 24 heavy (non-hydrogen) atoms. The zero-order valence-corrected chi connectivity index (χ0v) is 14.5. The topological polar surface area (TPSA) is 71.3 Å². The average Bonchev–Trinajstić information content (AvgIpc) is 3.23. The van der Waals surface area contributed by atoms with E-state index >= 15 is 0 Å². The highest BCUT2D eigenvalue weighted by Gasteiger charge is 2.22. The zero-order chi connectivity index (χ0) is 17.1. The summed E-state index contributed by atoms with van der Waals surface area (Å²) in [5.41, 5.74) is 2.11. The van der Waals surface area contributed by atoms with Crippen molar-refractivity contribution in [2.24, 2.45) is 0 Å². The first kappa shape index (κ1) is 16.6. The molecule has 1 aromatic carbocycles. The van der Waals surface area contributed by atoms with Crippen molar-refractivity contribution in [1.29, 1.82) is 0 Å². The number of amides is 1. The molecule has 0 spiro atoms. The molecular weight excluding hydrogens is 304 g/mol. The van der Waals surface area contributed by atoms with Crippen LogP contribution in [-0.4, -0.2) is 22.6 Å². The van der Waals surface area contributed by atoms with Crippen LogP contribution in [0.3, 0.4) is 0 Å². The Balaban J connectivity index is 1.70. The Morgan fingerprint density at radius 1 is 1.29 bits per heavy atom. The number of nitrogens with zero attached hydrogens (tertiary/aromatic N) is 3. The van der Waals surface area contributed by atoms with Crippen LogP contribution in [0.2, 0.25) is 0 Å². The summed E-state index contributed by atoms with van der Waals surface area (Å²) in [6.45, 7) is 6.90. The second-order valence-corrected chi connectivity index (χ2v) is 6.24. The van der Waals surface area contributed by atoms with Gasteiger partial charge in [-0.25, -0.2) is 0 Å². The molecular formula is C18H24N4O2. The van der Waals surface area contributed by atoms with Gasteiger partial charge in [-0.05, 0) is 38.0 Å². The van der Waals surface area contributed by atoms with Gasteiger partial charge in [-0.2, -0.15) is 0 Å². The molecule has 2 heterocycles. The molecule has 1 amide bonds. The first-order valence-corrected chi connectivity index (χ1v) is 8.57. The number of aryl methyl sites for hydroxylation is 1. The largest absolute Gasteiger partial charge is 0.424 e. The minimum Gasteiger partial charge on any atom is -0.424 e. The van der Waals surface area contributed by atoms with Crippen molar-refractivity contribution >= 4 is 11.6 Å². The van der Waals surface area contributed by atoms with Crippen LogP contribution in [0.15, 0.2) is 28.7 Å². The highest BCUT2D eigenvalue weighted by atomic mass is 16.4. The van der Waals surface area contributed by atoms with E-state index in [4.69, 9.17) is 4.42 Å². The van der Waals surface area contributed by atoms with Crippen molar-refractivity contribution in [3.05, 3.63) is 41.6 Å². The molecule has 6 heteroatoms. The van der Waals surface area contributed by atoms with Crippen LogP contribution in [0.25, 0.3) is 0 Å². The van der Waals surface area contributed by atoms with Gasteiger partial charge in [0.05, 0.1) is 6.04 Å². The number of carbonyl (C=O) groups is 1. The molecule has 0 saturated carbocycles. The summed E-state index contributed by atoms with van der Waals surface area (Å²) in [5, 5.41) is 11.6. The maximum Gasteiger partial charge on any atom is 0.233 e. The molecule has 6 nitrogen and oxygen atoms in total. The van der Waals surface area contributed by atoms with Gasteiger partial charge in [-0.3, -0.25) is 10.1 Å². The average molecular weight is 328 g/mol. The van der Waals surface area contributed by atoms with Crippen molar-refractivity contribution in [3.8, 4) is 0 Å². The van der Waals surface area contributed by atoms with E-state index in [1.165, 1.54) is 0 Å². The zero-order valence-electron chi connectivity index (χ0n) is 14.5.